The van der Waals surface area contributed by atoms with Crippen molar-refractivity contribution >= 4 is 52.4 Å². The van der Waals surface area contributed by atoms with Crippen molar-refractivity contribution in [1.29, 1.82) is 0 Å². The van der Waals surface area contributed by atoms with E-state index in [1.807, 2.05) is 0 Å². The molecule has 4 rings (SSSR count). The summed E-state index contributed by atoms with van der Waals surface area (Å²) >= 11 is 13.3. The van der Waals surface area contributed by atoms with E-state index >= 15 is 0 Å². The zero-order valence-corrected chi connectivity index (χ0v) is 15.9. The Labute approximate surface area is 168 Å². The minimum absolute atomic E-state index is 0.135. The van der Waals surface area contributed by atoms with E-state index in [1.54, 1.807) is 53.9 Å². The molecule has 4 nitrogen and oxygen atoms in total. The molecule has 0 unspecified atom stereocenters. The van der Waals surface area contributed by atoms with Crippen LogP contribution < -0.4 is 9.47 Å². The van der Waals surface area contributed by atoms with Gasteiger partial charge in [0, 0.05) is 16.1 Å². The molecule has 0 saturated carbocycles. The maximum Gasteiger partial charge on any atom is 0.353 e. The number of benzene rings is 2. The van der Waals surface area contributed by atoms with Gasteiger partial charge in [-0.3, -0.25) is 4.79 Å². The number of thiophene rings is 1. The number of hydrogen-bond acceptors (Lipinski definition) is 5. The summed E-state index contributed by atoms with van der Waals surface area (Å²) in [4.78, 5) is 25.1. The summed E-state index contributed by atoms with van der Waals surface area (Å²) in [6, 6.07) is 13.1. The predicted molar refractivity (Wildman–Crippen MR) is 105 cm³/mol. The number of carbonyl (C=O) groups excluding carboxylic acids is 2. The highest BCUT2D eigenvalue weighted by atomic mass is 35.5. The molecule has 0 fully saturated rings. The van der Waals surface area contributed by atoms with Gasteiger partial charge in [0.05, 0.1) is 5.56 Å². The number of fused-ring (bicyclic) bond motifs is 1. The van der Waals surface area contributed by atoms with Gasteiger partial charge in [0.1, 0.15) is 16.4 Å². The maximum absolute atomic E-state index is 12.5. The van der Waals surface area contributed by atoms with E-state index in [2.05, 4.69) is 0 Å². The Bertz CT molecular complexity index is 1090. The summed E-state index contributed by atoms with van der Waals surface area (Å²) in [5.41, 5.74) is 1.00. The normalized spacial score (nSPS) is 14.1. The Hall–Kier alpha value is -2.60. The number of Topliss-reactive ketones (excluding diaryl/α,β-unsaturated/α-hetero) is 1. The van der Waals surface area contributed by atoms with Crippen molar-refractivity contribution in [3.05, 3.63) is 85.7 Å². The lowest BCUT2D eigenvalue weighted by Gasteiger charge is -2.04. The van der Waals surface area contributed by atoms with Crippen LogP contribution in [0.1, 0.15) is 25.6 Å². The van der Waals surface area contributed by atoms with Crippen LogP contribution in [-0.2, 0) is 0 Å². The van der Waals surface area contributed by atoms with Crippen molar-refractivity contribution in [3.63, 3.8) is 0 Å². The van der Waals surface area contributed by atoms with Crippen LogP contribution in [0.3, 0.4) is 0 Å². The standard InChI is InChI=1S/C20H10Cl2O4S/c21-12-4-3-11(15(22)9-12)8-17-19(23)14-6-5-13(10-16(14)26-17)25-20(24)18-2-1-7-27-18/h1-10H/b17-8-. The first-order chi connectivity index (χ1) is 13.0. The lowest BCUT2D eigenvalue weighted by Crippen LogP contribution is -2.06. The van der Waals surface area contributed by atoms with Crippen LogP contribution in [-0.4, -0.2) is 11.8 Å². The summed E-state index contributed by atoms with van der Waals surface area (Å²) in [6.07, 6.45) is 1.55. The Kier molecular flexibility index (Phi) is 4.74. The van der Waals surface area contributed by atoms with Crippen molar-refractivity contribution < 1.29 is 19.1 Å². The third-order valence-electron chi connectivity index (χ3n) is 3.82. The highest BCUT2D eigenvalue weighted by Gasteiger charge is 2.28. The lowest BCUT2D eigenvalue weighted by molar-refractivity contribution is 0.0739. The van der Waals surface area contributed by atoms with Gasteiger partial charge in [0.25, 0.3) is 0 Å². The molecule has 7 heteroatoms. The van der Waals surface area contributed by atoms with Gasteiger partial charge in [-0.15, -0.1) is 11.3 Å². The fourth-order valence-electron chi connectivity index (χ4n) is 2.54. The van der Waals surface area contributed by atoms with E-state index < -0.39 is 5.97 Å². The van der Waals surface area contributed by atoms with Crippen molar-refractivity contribution in [3.8, 4) is 11.5 Å². The van der Waals surface area contributed by atoms with Gasteiger partial charge < -0.3 is 9.47 Å². The first-order valence-corrected chi connectivity index (χ1v) is 9.44. The maximum atomic E-state index is 12.5. The zero-order chi connectivity index (χ0) is 19.0. The topological polar surface area (TPSA) is 52.6 Å². The second kappa shape index (κ2) is 7.19. The number of allylic oxidation sites excluding steroid dienone is 1. The van der Waals surface area contributed by atoms with Crippen LogP contribution >= 0.6 is 34.5 Å². The van der Waals surface area contributed by atoms with Crippen LogP contribution in [0.25, 0.3) is 6.08 Å². The molecule has 2 aromatic carbocycles. The largest absolute Gasteiger partial charge is 0.452 e. The molecule has 0 N–H and O–H groups in total. The molecule has 0 saturated heterocycles. The molecule has 1 aliphatic rings. The molecule has 3 aromatic rings. The summed E-state index contributed by atoms with van der Waals surface area (Å²) in [5.74, 6) is 0.0274. The number of rotatable bonds is 3. The highest BCUT2D eigenvalue weighted by Crippen LogP contribution is 2.36. The van der Waals surface area contributed by atoms with Crippen LogP contribution in [0.4, 0.5) is 0 Å². The summed E-state index contributed by atoms with van der Waals surface area (Å²) < 4.78 is 11.0. The Morgan fingerprint density at radius 3 is 2.70 bits per heavy atom. The van der Waals surface area contributed by atoms with Crippen LogP contribution in [0.15, 0.2) is 59.7 Å². The van der Waals surface area contributed by atoms with Gasteiger partial charge in [-0.2, -0.15) is 0 Å². The van der Waals surface area contributed by atoms with Crippen LogP contribution in [0, 0.1) is 0 Å². The van der Waals surface area contributed by atoms with Gasteiger partial charge in [0.15, 0.2) is 5.76 Å². The number of ether oxygens (including phenoxy) is 2. The Morgan fingerprint density at radius 1 is 1.11 bits per heavy atom. The molecule has 1 aliphatic heterocycles. The molecular formula is C20H10Cl2O4S. The quantitative estimate of drug-likeness (QED) is 0.303. The van der Waals surface area contributed by atoms with Gasteiger partial charge >= 0.3 is 5.97 Å². The number of carbonyl (C=O) groups is 2. The van der Waals surface area contributed by atoms with E-state index in [0.29, 0.717) is 37.5 Å². The summed E-state index contributed by atoms with van der Waals surface area (Å²) in [5, 5.41) is 2.70. The van der Waals surface area contributed by atoms with E-state index in [1.165, 1.54) is 17.4 Å². The molecule has 0 radical (unpaired) electrons. The number of halogens is 2. The van der Waals surface area contributed by atoms with E-state index in [0.717, 1.165) is 0 Å². The fraction of sp³-hybridized carbons (Fsp3) is 0. The van der Waals surface area contributed by atoms with Gasteiger partial charge in [-0.05, 0) is 47.4 Å². The lowest BCUT2D eigenvalue weighted by atomic mass is 10.1. The molecule has 27 heavy (non-hydrogen) atoms. The van der Waals surface area contributed by atoms with E-state index in [4.69, 9.17) is 32.7 Å². The van der Waals surface area contributed by atoms with Crippen LogP contribution in [0.5, 0.6) is 11.5 Å². The average molecular weight is 417 g/mol. The molecule has 134 valence electrons. The smallest absolute Gasteiger partial charge is 0.353 e. The number of ketones is 1. The van der Waals surface area contributed by atoms with Gasteiger partial charge in [0.2, 0.25) is 5.78 Å². The Morgan fingerprint density at radius 2 is 1.96 bits per heavy atom. The van der Waals surface area contributed by atoms with Crippen molar-refractivity contribution in [2.75, 3.05) is 0 Å². The number of hydrogen-bond donors (Lipinski definition) is 0. The minimum Gasteiger partial charge on any atom is -0.452 e. The Balaban J connectivity index is 1.58. The SMILES string of the molecule is O=C(Oc1ccc2c(c1)O/C(=C\c1ccc(Cl)cc1Cl)C2=O)c1cccs1. The second-order valence-electron chi connectivity index (χ2n) is 5.63. The van der Waals surface area contributed by atoms with E-state index in [-0.39, 0.29) is 11.5 Å². The molecule has 0 bridgehead atoms. The average Bonchev–Trinajstić information content (AvgIpc) is 3.26. The molecule has 0 amide bonds. The van der Waals surface area contributed by atoms with Crippen molar-refractivity contribution in [2.24, 2.45) is 0 Å². The third-order valence-corrected chi connectivity index (χ3v) is 5.24. The molecule has 0 aliphatic carbocycles. The monoisotopic (exact) mass is 416 g/mol. The first-order valence-electron chi connectivity index (χ1n) is 7.80. The van der Waals surface area contributed by atoms with E-state index in [9.17, 15) is 9.59 Å². The summed E-state index contributed by atoms with van der Waals surface area (Å²) in [6.45, 7) is 0. The van der Waals surface area contributed by atoms with Gasteiger partial charge in [-0.1, -0.05) is 35.3 Å². The van der Waals surface area contributed by atoms with Crippen molar-refractivity contribution in [1.82, 2.24) is 0 Å². The van der Waals surface area contributed by atoms with Crippen LogP contribution in [0.2, 0.25) is 10.0 Å². The molecule has 2 heterocycles. The first kappa shape index (κ1) is 17.8. The highest BCUT2D eigenvalue weighted by molar-refractivity contribution is 7.12. The molecule has 0 spiro atoms. The zero-order valence-electron chi connectivity index (χ0n) is 13.6. The molecular weight excluding hydrogens is 407 g/mol. The molecule has 1 aromatic heterocycles. The third kappa shape index (κ3) is 3.62. The van der Waals surface area contributed by atoms with Gasteiger partial charge in [-0.25, -0.2) is 4.79 Å². The minimum atomic E-state index is -0.460. The predicted octanol–water partition coefficient (Wildman–Crippen LogP) is 5.89. The fourth-order valence-corrected chi connectivity index (χ4v) is 3.60. The van der Waals surface area contributed by atoms with Crippen molar-refractivity contribution in [2.45, 2.75) is 0 Å². The summed E-state index contributed by atoms with van der Waals surface area (Å²) in [7, 11) is 0. The molecule has 0 atom stereocenters. The number of esters is 1. The second-order valence-corrected chi connectivity index (χ2v) is 7.42.